The number of carbonyl (C=O) groups excluding carboxylic acids is 3. The Balaban J connectivity index is 1.61. The fourth-order valence-corrected chi connectivity index (χ4v) is 6.44. The van der Waals surface area contributed by atoms with Crippen LogP contribution >= 0.6 is 0 Å². The van der Waals surface area contributed by atoms with Crippen LogP contribution in [0.1, 0.15) is 58.6 Å². The summed E-state index contributed by atoms with van der Waals surface area (Å²) in [5.41, 5.74) is 0.0240. The highest BCUT2D eigenvalue weighted by atomic mass is 16.6. The van der Waals surface area contributed by atoms with Crippen LogP contribution in [-0.2, 0) is 33.3 Å². The maximum atomic E-state index is 13.1. The van der Waals surface area contributed by atoms with E-state index in [1.54, 1.807) is 0 Å². The van der Waals surface area contributed by atoms with Gasteiger partial charge in [-0.15, -0.1) is 0 Å². The third kappa shape index (κ3) is 4.27. The van der Waals surface area contributed by atoms with Crippen LogP contribution in [0, 0.1) is 29.6 Å². The third-order valence-electron chi connectivity index (χ3n) is 8.17. The van der Waals surface area contributed by atoms with Crippen LogP contribution in [0.15, 0.2) is 30.3 Å². The number of hydrogen-bond donors (Lipinski definition) is 0. The van der Waals surface area contributed by atoms with Gasteiger partial charge in [-0.2, -0.15) is 0 Å². The van der Waals surface area contributed by atoms with Crippen molar-refractivity contribution in [2.24, 2.45) is 29.6 Å². The molecular weight excluding hydrogens is 424 g/mol. The van der Waals surface area contributed by atoms with Crippen LogP contribution in [0.3, 0.4) is 0 Å². The molecule has 2 aliphatic carbocycles. The fourth-order valence-electron chi connectivity index (χ4n) is 6.44. The van der Waals surface area contributed by atoms with E-state index in [1.807, 2.05) is 51.1 Å². The normalized spacial score (nSPS) is 38.5. The molecule has 3 fully saturated rings. The van der Waals surface area contributed by atoms with E-state index in [2.05, 4.69) is 0 Å². The first kappa shape index (κ1) is 23.7. The summed E-state index contributed by atoms with van der Waals surface area (Å²) in [4.78, 5) is 37.5. The Labute approximate surface area is 195 Å². The third-order valence-corrected chi connectivity index (χ3v) is 8.17. The molecule has 9 atom stereocenters. The summed E-state index contributed by atoms with van der Waals surface area (Å²) < 4.78 is 23.3. The van der Waals surface area contributed by atoms with Gasteiger partial charge in [0.05, 0.1) is 5.92 Å². The van der Waals surface area contributed by atoms with E-state index < -0.39 is 23.8 Å². The van der Waals surface area contributed by atoms with Crippen LogP contribution in [0.4, 0.5) is 0 Å². The molecule has 0 radical (unpaired) electrons. The van der Waals surface area contributed by atoms with Crippen molar-refractivity contribution in [2.45, 2.75) is 70.9 Å². The molecule has 1 heterocycles. The van der Waals surface area contributed by atoms with E-state index in [-0.39, 0.29) is 47.6 Å². The van der Waals surface area contributed by atoms with E-state index in [4.69, 9.17) is 18.9 Å². The van der Waals surface area contributed by atoms with Gasteiger partial charge in [-0.3, -0.25) is 9.59 Å². The molecule has 7 heteroatoms. The number of fused-ring (bicyclic) bond motifs is 3. The Morgan fingerprint density at radius 1 is 1.18 bits per heavy atom. The Morgan fingerprint density at radius 2 is 1.88 bits per heavy atom. The zero-order valence-corrected chi connectivity index (χ0v) is 20.0. The summed E-state index contributed by atoms with van der Waals surface area (Å²) in [6.07, 6.45) is 0.472. The summed E-state index contributed by atoms with van der Waals surface area (Å²) in [5, 5.41) is 0. The van der Waals surface area contributed by atoms with Crippen molar-refractivity contribution in [1.29, 1.82) is 0 Å². The average Bonchev–Trinajstić information content (AvgIpc) is 3.20. The Bertz CT molecular complexity index is 899. The predicted molar refractivity (Wildman–Crippen MR) is 119 cm³/mol. The first-order valence-electron chi connectivity index (χ1n) is 11.8. The van der Waals surface area contributed by atoms with Gasteiger partial charge < -0.3 is 18.9 Å². The molecule has 0 aromatic heterocycles. The Hall–Kier alpha value is -2.41. The standard InChI is InChI=1S/C26H34O7/c1-14-18-11-12-26(4,33-16(3)27)19-13-20(15(2)21(19)23(18)32-24(14)28)31-25(29)22(30-5)17-9-7-6-8-10-17/h6-10,14-15,18-23H,11-13H2,1-5H3/t14-,15+,18-,19+,20+,21-,22+,23-,26+/m0/s1. The Morgan fingerprint density at radius 3 is 2.52 bits per heavy atom. The van der Waals surface area contributed by atoms with Gasteiger partial charge in [0.2, 0.25) is 0 Å². The van der Waals surface area contributed by atoms with E-state index in [9.17, 15) is 14.4 Å². The molecular formula is C26H34O7. The van der Waals surface area contributed by atoms with Crippen LogP contribution in [0.2, 0.25) is 0 Å². The highest BCUT2D eigenvalue weighted by Gasteiger charge is 2.61. The molecule has 1 aromatic rings. The lowest BCUT2D eigenvalue weighted by Gasteiger charge is -2.37. The van der Waals surface area contributed by atoms with E-state index in [0.29, 0.717) is 12.8 Å². The van der Waals surface area contributed by atoms with Crippen molar-refractivity contribution < 1.29 is 33.3 Å². The molecule has 1 aromatic carbocycles. The maximum absolute atomic E-state index is 13.1. The van der Waals surface area contributed by atoms with Crippen molar-refractivity contribution in [2.75, 3.05) is 7.11 Å². The van der Waals surface area contributed by atoms with Crippen molar-refractivity contribution in [3.8, 4) is 0 Å². The number of hydrogen-bond acceptors (Lipinski definition) is 7. The lowest BCUT2D eigenvalue weighted by Crippen LogP contribution is -2.43. The molecule has 0 amide bonds. The minimum absolute atomic E-state index is 0.0636. The quantitative estimate of drug-likeness (QED) is 0.489. The smallest absolute Gasteiger partial charge is 0.340 e. The van der Waals surface area contributed by atoms with Gasteiger partial charge in [-0.25, -0.2) is 4.79 Å². The number of carbonyl (C=O) groups is 3. The molecule has 2 saturated carbocycles. The van der Waals surface area contributed by atoms with Gasteiger partial charge in [0.1, 0.15) is 17.8 Å². The molecule has 3 aliphatic rings. The first-order valence-corrected chi connectivity index (χ1v) is 11.8. The summed E-state index contributed by atoms with van der Waals surface area (Å²) in [5.74, 6) is -1.28. The summed E-state index contributed by atoms with van der Waals surface area (Å²) in [6.45, 7) is 7.35. The zero-order chi connectivity index (χ0) is 23.9. The van der Waals surface area contributed by atoms with E-state index >= 15 is 0 Å². The molecule has 0 N–H and O–H groups in total. The second kappa shape index (κ2) is 9.09. The number of methoxy groups -OCH3 is 1. The second-order valence-electron chi connectivity index (χ2n) is 10.1. The lowest BCUT2D eigenvalue weighted by molar-refractivity contribution is -0.167. The first-order chi connectivity index (χ1) is 15.7. The van der Waals surface area contributed by atoms with Gasteiger partial charge in [-0.05, 0) is 37.7 Å². The molecule has 0 bridgehead atoms. The van der Waals surface area contributed by atoms with Gasteiger partial charge in [-0.1, -0.05) is 44.2 Å². The van der Waals surface area contributed by atoms with Gasteiger partial charge in [0.15, 0.2) is 6.10 Å². The number of benzene rings is 1. The SMILES string of the molecule is CO[C@@H](C(=O)O[C@@H]1C[C@@H]2[C@H]([C@@H]1C)[C@H]1OC(=O)[C@@H](C)[C@@H]1CC[C@@]2(C)OC(C)=O)c1ccccc1. The molecule has 7 nitrogen and oxygen atoms in total. The largest absolute Gasteiger partial charge is 0.462 e. The molecule has 180 valence electrons. The average molecular weight is 459 g/mol. The minimum Gasteiger partial charge on any atom is -0.462 e. The fraction of sp³-hybridized carbons (Fsp3) is 0.654. The summed E-state index contributed by atoms with van der Waals surface area (Å²) >= 11 is 0. The number of rotatable bonds is 5. The molecule has 1 saturated heterocycles. The maximum Gasteiger partial charge on any atom is 0.340 e. The van der Waals surface area contributed by atoms with Crippen LogP contribution in [0.25, 0.3) is 0 Å². The zero-order valence-electron chi connectivity index (χ0n) is 20.0. The highest BCUT2D eigenvalue weighted by molar-refractivity contribution is 5.77. The second-order valence-corrected chi connectivity index (χ2v) is 10.1. The topological polar surface area (TPSA) is 88.1 Å². The minimum atomic E-state index is -0.819. The number of ether oxygens (including phenoxy) is 4. The van der Waals surface area contributed by atoms with Gasteiger partial charge in [0, 0.05) is 31.8 Å². The van der Waals surface area contributed by atoms with Crippen molar-refractivity contribution in [3.05, 3.63) is 35.9 Å². The van der Waals surface area contributed by atoms with Crippen molar-refractivity contribution >= 4 is 17.9 Å². The van der Waals surface area contributed by atoms with Gasteiger partial charge in [0.25, 0.3) is 0 Å². The Kier molecular flexibility index (Phi) is 6.54. The van der Waals surface area contributed by atoms with Crippen LogP contribution in [-0.4, -0.2) is 42.8 Å². The molecule has 0 unspecified atom stereocenters. The van der Waals surface area contributed by atoms with Crippen LogP contribution < -0.4 is 0 Å². The highest BCUT2D eigenvalue weighted by Crippen LogP contribution is 2.56. The lowest BCUT2D eigenvalue weighted by atomic mass is 9.75. The monoisotopic (exact) mass is 458 g/mol. The van der Waals surface area contributed by atoms with Crippen LogP contribution in [0.5, 0.6) is 0 Å². The van der Waals surface area contributed by atoms with Crippen molar-refractivity contribution in [3.63, 3.8) is 0 Å². The van der Waals surface area contributed by atoms with E-state index in [1.165, 1.54) is 14.0 Å². The molecule has 33 heavy (non-hydrogen) atoms. The molecule has 4 rings (SSSR count). The number of esters is 3. The molecule has 1 aliphatic heterocycles. The van der Waals surface area contributed by atoms with E-state index in [0.717, 1.165) is 12.0 Å². The summed E-state index contributed by atoms with van der Waals surface area (Å²) in [7, 11) is 1.49. The van der Waals surface area contributed by atoms with Gasteiger partial charge >= 0.3 is 17.9 Å². The predicted octanol–water partition coefficient (Wildman–Crippen LogP) is 3.85. The van der Waals surface area contributed by atoms with Crippen molar-refractivity contribution in [1.82, 2.24) is 0 Å². The molecule has 0 spiro atoms. The summed E-state index contributed by atoms with van der Waals surface area (Å²) in [6, 6.07) is 9.25.